The van der Waals surface area contributed by atoms with Crippen molar-refractivity contribution in [1.29, 1.82) is 0 Å². The predicted molar refractivity (Wildman–Crippen MR) is 76.7 cm³/mol. The molecule has 0 saturated heterocycles. The summed E-state index contributed by atoms with van der Waals surface area (Å²) in [5.74, 6) is 1.74. The Morgan fingerprint density at radius 1 is 1.16 bits per heavy atom. The van der Waals surface area contributed by atoms with Gasteiger partial charge in [0, 0.05) is 6.61 Å². The van der Waals surface area contributed by atoms with Gasteiger partial charge in [0.1, 0.15) is 0 Å². The van der Waals surface area contributed by atoms with Gasteiger partial charge < -0.3 is 20.3 Å². The molecule has 0 aliphatic rings. The average Bonchev–Trinajstić information content (AvgIpc) is 2.43. The lowest BCUT2D eigenvalue weighted by Crippen LogP contribution is -2.18. The van der Waals surface area contributed by atoms with E-state index in [9.17, 15) is 0 Å². The molecule has 0 spiro atoms. The monoisotopic (exact) mass is 267 g/mol. The third-order valence-corrected chi connectivity index (χ3v) is 3.04. The Morgan fingerprint density at radius 3 is 2.42 bits per heavy atom. The fourth-order valence-electron chi connectivity index (χ4n) is 1.91. The third kappa shape index (κ3) is 5.09. The van der Waals surface area contributed by atoms with Gasteiger partial charge in [-0.1, -0.05) is 6.07 Å². The summed E-state index contributed by atoms with van der Waals surface area (Å²) in [6, 6.07) is 6.00. The maximum atomic E-state index is 9.13. The first-order chi connectivity index (χ1) is 9.24. The highest BCUT2D eigenvalue weighted by Gasteiger charge is 2.09. The Kier molecular flexibility index (Phi) is 7.30. The van der Waals surface area contributed by atoms with Crippen LogP contribution in [0.4, 0.5) is 0 Å². The molecule has 1 aromatic carbocycles. The van der Waals surface area contributed by atoms with Gasteiger partial charge in [-0.15, -0.1) is 0 Å². The van der Waals surface area contributed by atoms with E-state index in [4.69, 9.17) is 20.3 Å². The van der Waals surface area contributed by atoms with Gasteiger partial charge in [0.25, 0.3) is 0 Å². The SMILES string of the molecule is CCOc1ccc(CCC(CN)CO)cc1OCC. The van der Waals surface area contributed by atoms with E-state index in [1.165, 1.54) is 5.56 Å². The molecule has 0 saturated carbocycles. The predicted octanol–water partition coefficient (Wildman–Crippen LogP) is 1.98. The van der Waals surface area contributed by atoms with Crippen LogP contribution in [-0.2, 0) is 6.42 Å². The first-order valence-corrected chi connectivity index (χ1v) is 6.94. The van der Waals surface area contributed by atoms with Crippen LogP contribution in [0.15, 0.2) is 18.2 Å². The van der Waals surface area contributed by atoms with Crippen LogP contribution >= 0.6 is 0 Å². The number of ether oxygens (including phenoxy) is 2. The Balaban J connectivity index is 2.71. The number of aryl methyl sites for hydroxylation is 1. The van der Waals surface area contributed by atoms with Crippen LogP contribution in [0.5, 0.6) is 11.5 Å². The molecule has 1 atom stereocenters. The molecule has 1 rings (SSSR count). The Labute approximate surface area is 115 Å². The van der Waals surface area contributed by atoms with Crippen molar-refractivity contribution in [3.05, 3.63) is 23.8 Å². The number of aliphatic hydroxyl groups excluding tert-OH is 1. The Bertz CT molecular complexity index is 364. The van der Waals surface area contributed by atoms with Gasteiger partial charge in [0.2, 0.25) is 0 Å². The molecular weight excluding hydrogens is 242 g/mol. The second kappa shape index (κ2) is 8.77. The lowest BCUT2D eigenvalue weighted by Gasteiger charge is -2.14. The number of hydrogen-bond acceptors (Lipinski definition) is 4. The molecule has 0 bridgehead atoms. The first-order valence-electron chi connectivity index (χ1n) is 6.94. The fraction of sp³-hybridized carbons (Fsp3) is 0.600. The van der Waals surface area contributed by atoms with Gasteiger partial charge in [-0.25, -0.2) is 0 Å². The summed E-state index contributed by atoms with van der Waals surface area (Å²) < 4.78 is 11.1. The van der Waals surface area contributed by atoms with Crippen LogP contribution in [0.3, 0.4) is 0 Å². The Hall–Kier alpha value is -1.26. The number of hydrogen-bond donors (Lipinski definition) is 2. The van der Waals surface area contributed by atoms with Crippen LogP contribution in [-0.4, -0.2) is 31.5 Å². The van der Waals surface area contributed by atoms with Crippen LogP contribution < -0.4 is 15.2 Å². The van der Waals surface area contributed by atoms with Crippen LogP contribution in [0.1, 0.15) is 25.8 Å². The molecule has 0 radical (unpaired) electrons. The molecule has 0 fully saturated rings. The largest absolute Gasteiger partial charge is 0.490 e. The zero-order valence-electron chi connectivity index (χ0n) is 11.9. The average molecular weight is 267 g/mol. The van der Waals surface area contributed by atoms with Crippen molar-refractivity contribution in [1.82, 2.24) is 0 Å². The maximum absolute atomic E-state index is 9.13. The van der Waals surface area contributed by atoms with Crippen molar-refractivity contribution < 1.29 is 14.6 Å². The summed E-state index contributed by atoms with van der Waals surface area (Å²) in [5.41, 5.74) is 6.76. The fourth-order valence-corrected chi connectivity index (χ4v) is 1.91. The Morgan fingerprint density at radius 2 is 1.84 bits per heavy atom. The smallest absolute Gasteiger partial charge is 0.161 e. The van der Waals surface area contributed by atoms with Crippen molar-refractivity contribution in [2.24, 2.45) is 11.7 Å². The van der Waals surface area contributed by atoms with E-state index in [0.717, 1.165) is 24.3 Å². The highest BCUT2D eigenvalue weighted by atomic mass is 16.5. The van der Waals surface area contributed by atoms with Gasteiger partial charge in [-0.3, -0.25) is 0 Å². The molecular formula is C15H25NO3. The normalized spacial score (nSPS) is 12.2. The van der Waals surface area contributed by atoms with Gasteiger partial charge in [0.05, 0.1) is 13.2 Å². The highest BCUT2D eigenvalue weighted by Crippen LogP contribution is 2.29. The van der Waals surface area contributed by atoms with Crippen LogP contribution in [0.25, 0.3) is 0 Å². The minimum Gasteiger partial charge on any atom is -0.490 e. The molecule has 3 N–H and O–H groups in total. The van der Waals surface area contributed by atoms with Gasteiger partial charge >= 0.3 is 0 Å². The molecule has 1 unspecified atom stereocenters. The van der Waals surface area contributed by atoms with Gasteiger partial charge in [-0.2, -0.15) is 0 Å². The number of nitrogens with two attached hydrogens (primary N) is 1. The molecule has 0 aliphatic heterocycles. The van der Waals surface area contributed by atoms with E-state index in [-0.39, 0.29) is 12.5 Å². The van der Waals surface area contributed by atoms with Crippen molar-refractivity contribution in [2.45, 2.75) is 26.7 Å². The molecule has 108 valence electrons. The second-order valence-electron chi connectivity index (χ2n) is 4.47. The molecule has 0 aromatic heterocycles. The summed E-state index contributed by atoms with van der Waals surface area (Å²) in [5, 5.41) is 9.13. The van der Waals surface area contributed by atoms with E-state index < -0.39 is 0 Å². The quantitative estimate of drug-likeness (QED) is 0.718. The lowest BCUT2D eigenvalue weighted by molar-refractivity contribution is 0.223. The minimum absolute atomic E-state index is 0.145. The molecule has 19 heavy (non-hydrogen) atoms. The lowest BCUT2D eigenvalue weighted by atomic mass is 10.00. The number of aliphatic hydroxyl groups is 1. The van der Waals surface area contributed by atoms with Crippen LogP contribution in [0, 0.1) is 5.92 Å². The summed E-state index contributed by atoms with van der Waals surface area (Å²) in [7, 11) is 0. The molecule has 1 aromatic rings. The van der Waals surface area contributed by atoms with Crippen molar-refractivity contribution in [3.8, 4) is 11.5 Å². The van der Waals surface area contributed by atoms with E-state index in [1.54, 1.807) is 0 Å². The molecule has 0 amide bonds. The van der Waals surface area contributed by atoms with E-state index in [0.29, 0.717) is 19.8 Å². The number of benzene rings is 1. The standard InChI is InChI=1S/C15H25NO3/c1-3-18-14-8-7-12(9-15(14)19-4-2)5-6-13(10-16)11-17/h7-9,13,17H,3-6,10-11,16H2,1-2H3. The topological polar surface area (TPSA) is 64.7 Å². The van der Waals surface area contributed by atoms with Gasteiger partial charge in [-0.05, 0) is 56.8 Å². The zero-order valence-corrected chi connectivity index (χ0v) is 11.9. The highest BCUT2D eigenvalue weighted by molar-refractivity contribution is 5.43. The summed E-state index contributed by atoms with van der Waals surface area (Å²) in [4.78, 5) is 0. The second-order valence-corrected chi connectivity index (χ2v) is 4.47. The van der Waals surface area contributed by atoms with Gasteiger partial charge in [0.15, 0.2) is 11.5 Å². The summed E-state index contributed by atoms with van der Waals surface area (Å²) >= 11 is 0. The van der Waals surface area contributed by atoms with E-state index >= 15 is 0 Å². The van der Waals surface area contributed by atoms with Crippen molar-refractivity contribution >= 4 is 0 Å². The van der Waals surface area contributed by atoms with Crippen LogP contribution in [0.2, 0.25) is 0 Å². The first kappa shape index (κ1) is 15.8. The molecule has 0 heterocycles. The molecule has 0 aliphatic carbocycles. The number of rotatable bonds is 9. The maximum Gasteiger partial charge on any atom is 0.161 e. The molecule has 4 heteroatoms. The van der Waals surface area contributed by atoms with Crippen molar-refractivity contribution in [3.63, 3.8) is 0 Å². The van der Waals surface area contributed by atoms with E-state index in [1.807, 2.05) is 32.0 Å². The molecule has 4 nitrogen and oxygen atoms in total. The third-order valence-electron chi connectivity index (χ3n) is 3.04. The zero-order chi connectivity index (χ0) is 14.1. The van der Waals surface area contributed by atoms with E-state index in [2.05, 4.69) is 0 Å². The van der Waals surface area contributed by atoms with Crippen molar-refractivity contribution in [2.75, 3.05) is 26.4 Å². The minimum atomic E-state index is 0.145. The summed E-state index contributed by atoms with van der Waals surface area (Å²) in [6.07, 6.45) is 1.77. The summed E-state index contributed by atoms with van der Waals surface area (Å²) in [6.45, 7) is 5.82.